The Labute approximate surface area is 103 Å². The molecule has 14 heavy (non-hydrogen) atoms. The zero-order chi connectivity index (χ0) is 10.4. The average Bonchev–Trinajstić information content (AvgIpc) is 2.18. The second-order valence-electron chi connectivity index (χ2n) is 2.34. The summed E-state index contributed by atoms with van der Waals surface area (Å²) in [5.74, 6) is 0. The van der Waals surface area contributed by atoms with Crippen molar-refractivity contribution in [2.75, 3.05) is 13.3 Å². The summed E-state index contributed by atoms with van der Waals surface area (Å²) in [7, 11) is 1.80. The summed E-state index contributed by atoms with van der Waals surface area (Å²) in [4.78, 5) is 9.45. The van der Waals surface area contributed by atoms with Gasteiger partial charge in [-0.3, -0.25) is 0 Å². The Kier molecular flexibility index (Phi) is 5.68. The van der Waals surface area contributed by atoms with Crippen molar-refractivity contribution in [1.29, 1.82) is 0 Å². The molecule has 1 aromatic heterocycles. The van der Waals surface area contributed by atoms with Gasteiger partial charge in [-0.2, -0.15) is 0 Å². The van der Waals surface area contributed by atoms with Gasteiger partial charge in [0.25, 0.3) is 0 Å². The number of pyridine rings is 1. The van der Waals surface area contributed by atoms with Crippen molar-refractivity contribution in [2.45, 2.75) is 9.92 Å². The molecule has 0 aliphatic rings. The Hall–Kier alpha value is 0.0783. The molecule has 0 aromatic carbocycles. The topological polar surface area (TPSA) is 25.2 Å². The van der Waals surface area contributed by atoms with Gasteiger partial charge in [0.05, 0.1) is 0 Å². The van der Waals surface area contributed by atoms with Gasteiger partial charge >= 0.3 is 104 Å². The maximum absolute atomic E-state index is 4.22. The molecule has 0 spiro atoms. The molecule has 0 amide bonds. The van der Waals surface area contributed by atoms with Crippen LogP contribution >= 0.6 is 23.5 Å². The summed E-state index contributed by atoms with van der Waals surface area (Å²) in [5, 5.41) is 1.06. The molecule has 0 atom stereocenters. The number of nitrogens with zero attached hydrogens (tertiary/aromatic N) is 2. The number of hydrogen-bond donors (Lipinski definition) is 0. The van der Waals surface area contributed by atoms with Crippen molar-refractivity contribution >= 4 is 33.0 Å². The van der Waals surface area contributed by atoms with Gasteiger partial charge in [0, 0.05) is 0 Å². The fourth-order valence-electron chi connectivity index (χ4n) is 0.814. The molecule has 0 fully saturated rings. The van der Waals surface area contributed by atoms with E-state index < -0.39 is 0 Å². The second kappa shape index (κ2) is 6.54. The van der Waals surface area contributed by atoms with E-state index in [0.29, 0.717) is 0 Å². The minimum atomic E-state index is 1.06. The quantitative estimate of drug-likeness (QED) is 0.579. The van der Waals surface area contributed by atoms with Crippen molar-refractivity contribution in [3.8, 4) is 0 Å². The summed E-state index contributed by atoms with van der Waals surface area (Å²) < 4.78 is 1.27. The monoisotopic (exact) mass is 394 g/mol. The van der Waals surface area contributed by atoms with Crippen LogP contribution in [-0.4, -0.2) is 27.7 Å². The first kappa shape index (κ1) is 12.1. The maximum atomic E-state index is 4.22. The van der Waals surface area contributed by atoms with E-state index in [1.165, 1.54) is 27.5 Å². The number of aliphatic imine (C=N–C) groups is 1. The molecule has 0 aliphatic heterocycles. The van der Waals surface area contributed by atoms with Crippen molar-refractivity contribution in [3.63, 3.8) is 0 Å². The molecular formula is C9H10N2S2W. The van der Waals surface area contributed by atoms with Crippen LogP contribution < -0.4 is 0 Å². The van der Waals surface area contributed by atoms with Crippen LogP contribution in [0.1, 0.15) is 0 Å². The summed E-state index contributed by atoms with van der Waals surface area (Å²) in [5.41, 5.74) is 0. The van der Waals surface area contributed by atoms with Gasteiger partial charge in [0.2, 0.25) is 0 Å². The normalized spacial score (nSPS) is 10.7. The van der Waals surface area contributed by atoms with E-state index >= 15 is 0 Å². The Morgan fingerprint density at radius 1 is 1.64 bits per heavy atom. The third-order valence-electron chi connectivity index (χ3n) is 1.37. The Morgan fingerprint density at radius 2 is 2.43 bits per heavy atom. The predicted molar refractivity (Wildman–Crippen MR) is 61.3 cm³/mol. The third-order valence-corrected chi connectivity index (χ3v) is 4.08. The third kappa shape index (κ3) is 4.07. The minimum absolute atomic E-state index is 1.06. The van der Waals surface area contributed by atoms with E-state index in [1.54, 1.807) is 30.6 Å². The molecule has 2 nitrogen and oxygen atoms in total. The van der Waals surface area contributed by atoms with Crippen LogP contribution in [0.5, 0.6) is 0 Å². The van der Waals surface area contributed by atoms with E-state index in [2.05, 4.69) is 16.0 Å². The van der Waals surface area contributed by atoms with Crippen LogP contribution in [0, 0.1) is 0 Å². The van der Waals surface area contributed by atoms with E-state index in [4.69, 9.17) is 0 Å². The molecular weight excluding hydrogens is 384 g/mol. The Balaban J connectivity index is 2.71. The zero-order valence-corrected chi connectivity index (χ0v) is 12.5. The fourth-order valence-corrected chi connectivity index (χ4v) is 3.41. The van der Waals surface area contributed by atoms with Crippen LogP contribution in [0.3, 0.4) is 0 Å². The molecule has 0 radical (unpaired) electrons. The first-order chi connectivity index (χ1) is 6.76. The van der Waals surface area contributed by atoms with Crippen molar-refractivity contribution in [1.82, 2.24) is 4.98 Å². The van der Waals surface area contributed by atoms with Crippen LogP contribution in [0.2, 0.25) is 0 Å². The van der Waals surface area contributed by atoms with Crippen LogP contribution in [-0.2, 0) is 19.4 Å². The summed E-state index contributed by atoms with van der Waals surface area (Å²) in [6.07, 6.45) is 5.78. The number of aromatic nitrogens is 1. The molecule has 0 aliphatic carbocycles. The average molecular weight is 394 g/mol. The van der Waals surface area contributed by atoms with E-state index in [-0.39, 0.29) is 0 Å². The van der Waals surface area contributed by atoms with Gasteiger partial charge in [-0.1, -0.05) is 0 Å². The molecule has 0 saturated heterocycles. The van der Waals surface area contributed by atoms with Gasteiger partial charge < -0.3 is 0 Å². The second-order valence-corrected chi connectivity index (χ2v) is 6.89. The first-order valence-corrected chi connectivity index (χ1v) is 7.41. The van der Waals surface area contributed by atoms with Crippen LogP contribution in [0.15, 0.2) is 33.2 Å². The van der Waals surface area contributed by atoms with Crippen LogP contribution in [0.4, 0.5) is 0 Å². The molecule has 5 heteroatoms. The molecule has 1 rings (SSSR count). The van der Waals surface area contributed by atoms with Crippen molar-refractivity contribution in [3.05, 3.63) is 18.3 Å². The van der Waals surface area contributed by atoms with Crippen LogP contribution in [0.25, 0.3) is 0 Å². The molecule has 1 heterocycles. The van der Waals surface area contributed by atoms with Gasteiger partial charge in [0.1, 0.15) is 0 Å². The molecule has 74 valence electrons. The van der Waals surface area contributed by atoms with E-state index in [1.807, 2.05) is 24.7 Å². The van der Waals surface area contributed by atoms with Crippen molar-refractivity contribution < 1.29 is 19.4 Å². The number of hydrogen-bond acceptors (Lipinski definition) is 4. The molecule has 1 aromatic rings. The molecule has 0 saturated carbocycles. The molecule has 0 N–H and O–H groups in total. The Bertz CT molecular complexity index is 352. The van der Waals surface area contributed by atoms with Gasteiger partial charge in [-0.25, -0.2) is 0 Å². The number of thioether (sulfide) groups is 2. The van der Waals surface area contributed by atoms with Gasteiger partial charge in [0.15, 0.2) is 0 Å². The standard InChI is InChI=1S/C9H10N2S2.W/c1-10-5-6-13-8-3-4-11-9(7-8)12-2;/h3-5,7H,1-2H3;. The van der Waals surface area contributed by atoms with E-state index in [9.17, 15) is 0 Å². The summed E-state index contributed by atoms with van der Waals surface area (Å²) in [6.45, 7) is 0. The summed E-state index contributed by atoms with van der Waals surface area (Å²) >= 11 is 4.85. The predicted octanol–water partition coefficient (Wildman–Crippen LogP) is 2.27. The Morgan fingerprint density at radius 3 is 3.07 bits per heavy atom. The molecule has 0 bridgehead atoms. The van der Waals surface area contributed by atoms with Gasteiger partial charge in [-0.05, 0) is 0 Å². The SMILES string of the molecule is CN=C[C](=[W])Sc1ccnc(SC)c1. The summed E-state index contributed by atoms with van der Waals surface area (Å²) in [6, 6.07) is 4.12. The first-order valence-electron chi connectivity index (χ1n) is 3.90. The van der Waals surface area contributed by atoms with Gasteiger partial charge in [-0.15, -0.1) is 0 Å². The molecule has 0 unspecified atom stereocenters. The fraction of sp³-hybridized carbons (Fsp3) is 0.222. The zero-order valence-electron chi connectivity index (χ0n) is 7.93. The number of rotatable bonds is 4. The van der Waals surface area contributed by atoms with Crippen molar-refractivity contribution in [2.24, 2.45) is 4.99 Å². The van der Waals surface area contributed by atoms with E-state index in [0.717, 1.165) is 5.03 Å².